The molecule has 0 aliphatic heterocycles. The second-order valence-corrected chi connectivity index (χ2v) is 3.76. The molecule has 0 amide bonds. The van der Waals surface area contributed by atoms with Gasteiger partial charge >= 0.3 is 0 Å². The number of hydrogen-bond donors (Lipinski definition) is 0. The molecule has 0 aliphatic rings. The number of rotatable bonds is 3. The molecule has 0 saturated heterocycles. The Bertz CT molecular complexity index is 321. The molecule has 0 aromatic heterocycles. The molecule has 1 aromatic carbocycles. The van der Waals surface area contributed by atoms with E-state index in [0.717, 1.165) is 3.57 Å². The number of benzene rings is 1. The molecule has 2 nitrogen and oxygen atoms in total. The van der Waals surface area contributed by atoms with Crippen molar-refractivity contribution < 1.29 is 9.53 Å². The Kier molecular flexibility index (Phi) is 3.71. The van der Waals surface area contributed by atoms with Gasteiger partial charge < -0.3 is 4.74 Å². The van der Waals surface area contributed by atoms with Crippen molar-refractivity contribution in [1.29, 1.82) is 0 Å². The Labute approximate surface area is 91.4 Å². The first kappa shape index (κ1) is 10.5. The van der Waals surface area contributed by atoms with Gasteiger partial charge in [0.05, 0.1) is 12.2 Å². The predicted molar refractivity (Wildman–Crippen MR) is 60.3 cm³/mol. The number of Topliss-reactive ketones (excluding diaryl/α,β-unsaturated/α-hetero) is 1. The normalized spacial score (nSPS) is 9.77. The fourth-order valence-electron chi connectivity index (χ4n) is 1.12. The molecule has 70 valence electrons. The van der Waals surface area contributed by atoms with E-state index in [1.54, 1.807) is 6.92 Å². The van der Waals surface area contributed by atoms with Crippen LogP contribution in [0.4, 0.5) is 0 Å². The van der Waals surface area contributed by atoms with E-state index < -0.39 is 0 Å². The van der Waals surface area contributed by atoms with Crippen molar-refractivity contribution in [2.75, 3.05) is 6.61 Å². The number of ether oxygens (including phenoxy) is 1. The molecular weight excluding hydrogens is 279 g/mol. The van der Waals surface area contributed by atoms with Gasteiger partial charge in [0.1, 0.15) is 5.75 Å². The van der Waals surface area contributed by atoms with Crippen LogP contribution in [0.2, 0.25) is 0 Å². The van der Waals surface area contributed by atoms with Gasteiger partial charge in [-0.05, 0) is 48.6 Å². The molecule has 0 heterocycles. The summed E-state index contributed by atoms with van der Waals surface area (Å²) in [6.07, 6.45) is 0. The number of carbonyl (C=O) groups is 1. The number of halogens is 1. The summed E-state index contributed by atoms with van der Waals surface area (Å²) in [6, 6.07) is 5.61. The van der Waals surface area contributed by atoms with E-state index in [1.165, 1.54) is 0 Å². The molecule has 0 N–H and O–H groups in total. The Balaban J connectivity index is 3.17. The van der Waals surface area contributed by atoms with Crippen LogP contribution in [-0.4, -0.2) is 12.4 Å². The zero-order valence-electron chi connectivity index (χ0n) is 7.63. The molecular formula is C10H11IO2. The van der Waals surface area contributed by atoms with Crippen LogP contribution in [0, 0.1) is 3.57 Å². The average molecular weight is 290 g/mol. The molecule has 0 fully saturated rings. The van der Waals surface area contributed by atoms with Gasteiger partial charge in [-0.25, -0.2) is 0 Å². The maximum Gasteiger partial charge on any atom is 0.164 e. The molecule has 1 rings (SSSR count). The molecule has 0 atom stereocenters. The first-order valence-electron chi connectivity index (χ1n) is 4.09. The highest BCUT2D eigenvalue weighted by atomic mass is 127. The first-order valence-corrected chi connectivity index (χ1v) is 5.17. The van der Waals surface area contributed by atoms with Gasteiger partial charge in [-0.15, -0.1) is 0 Å². The zero-order valence-corrected chi connectivity index (χ0v) is 9.79. The lowest BCUT2D eigenvalue weighted by Gasteiger charge is -2.08. The van der Waals surface area contributed by atoms with Crippen LogP contribution in [0.1, 0.15) is 24.2 Å². The topological polar surface area (TPSA) is 26.3 Å². The molecule has 0 saturated carbocycles. The van der Waals surface area contributed by atoms with Crippen molar-refractivity contribution in [2.24, 2.45) is 0 Å². The average Bonchev–Trinajstić information content (AvgIpc) is 2.04. The predicted octanol–water partition coefficient (Wildman–Crippen LogP) is 2.89. The van der Waals surface area contributed by atoms with Gasteiger partial charge in [-0.1, -0.05) is 6.07 Å². The minimum absolute atomic E-state index is 0.0495. The SMILES string of the molecule is CCOc1cccc(I)c1C(C)=O. The summed E-state index contributed by atoms with van der Waals surface area (Å²) >= 11 is 2.14. The summed E-state index contributed by atoms with van der Waals surface area (Å²) in [4.78, 5) is 11.3. The lowest BCUT2D eigenvalue weighted by atomic mass is 10.1. The molecule has 13 heavy (non-hydrogen) atoms. The number of hydrogen-bond acceptors (Lipinski definition) is 2. The minimum Gasteiger partial charge on any atom is -0.493 e. The lowest BCUT2D eigenvalue weighted by Crippen LogP contribution is -2.02. The van der Waals surface area contributed by atoms with Crippen LogP contribution in [0.15, 0.2) is 18.2 Å². The second kappa shape index (κ2) is 4.60. The van der Waals surface area contributed by atoms with Gasteiger partial charge in [0.2, 0.25) is 0 Å². The van der Waals surface area contributed by atoms with Crippen molar-refractivity contribution in [3.8, 4) is 5.75 Å². The third-order valence-electron chi connectivity index (χ3n) is 1.63. The summed E-state index contributed by atoms with van der Waals surface area (Å²) in [6.45, 7) is 4.05. The fourth-order valence-corrected chi connectivity index (χ4v) is 1.97. The molecule has 1 aromatic rings. The first-order chi connectivity index (χ1) is 6.16. The second-order valence-electron chi connectivity index (χ2n) is 2.60. The van der Waals surface area contributed by atoms with Crippen LogP contribution in [0.3, 0.4) is 0 Å². The quantitative estimate of drug-likeness (QED) is 0.632. The smallest absolute Gasteiger partial charge is 0.164 e. The summed E-state index contributed by atoms with van der Waals surface area (Å²) in [5.74, 6) is 0.732. The van der Waals surface area contributed by atoms with E-state index in [4.69, 9.17) is 4.74 Å². The molecule has 0 unspecified atom stereocenters. The van der Waals surface area contributed by atoms with Gasteiger partial charge in [0.15, 0.2) is 5.78 Å². The standard InChI is InChI=1S/C10H11IO2/c1-3-13-9-6-4-5-8(11)10(9)7(2)12/h4-6H,3H2,1-2H3. The van der Waals surface area contributed by atoms with Crippen molar-refractivity contribution in [3.63, 3.8) is 0 Å². The number of ketones is 1. The summed E-state index contributed by atoms with van der Waals surface area (Å²) in [5.41, 5.74) is 0.685. The molecule has 0 spiro atoms. The fraction of sp³-hybridized carbons (Fsp3) is 0.300. The summed E-state index contributed by atoms with van der Waals surface area (Å²) in [7, 11) is 0. The Morgan fingerprint density at radius 2 is 2.23 bits per heavy atom. The van der Waals surface area contributed by atoms with E-state index in [0.29, 0.717) is 17.9 Å². The largest absolute Gasteiger partial charge is 0.493 e. The highest BCUT2D eigenvalue weighted by molar-refractivity contribution is 14.1. The zero-order chi connectivity index (χ0) is 9.84. The molecule has 0 aliphatic carbocycles. The van der Waals surface area contributed by atoms with Crippen molar-refractivity contribution in [2.45, 2.75) is 13.8 Å². The third-order valence-corrected chi connectivity index (χ3v) is 2.53. The van der Waals surface area contributed by atoms with Gasteiger partial charge in [-0.3, -0.25) is 4.79 Å². The van der Waals surface area contributed by atoms with Crippen LogP contribution in [0.5, 0.6) is 5.75 Å². The summed E-state index contributed by atoms with van der Waals surface area (Å²) < 4.78 is 6.29. The monoisotopic (exact) mass is 290 g/mol. The summed E-state index contributed by atoms with van der Waals surface area (Å²) in [5, 5.41) is 0. The van der Waals surface area contributed by atoms with E-state index in [1.807, 2.05) is 25.1 Å². The third kappa shape index (κ3) is 2.43. The molecule has 3 heteroatoms. The Hall–Kier alpha value is -0.580. The minimum atomic E-state index is 0.0495. The molecule has 0 bridgehead atoms. The van der Waals surface area contributed by atoms with Gasteiger partial charge in [-0.2, -0.15) is 0 Å². The Morgan fingerprint density at radius 3 is 2.77 bits per heavy atom. The highest BCUT2D eigenvalue weighted by Crippen LogP contribution is 2.24. The van der Waals surface area contributed by atoms with E-state index in [9.17, 15) is 4.79 Å². The van der Waals surface area contributed by atoms with Gasteiger partial charge in [0, 0.05) is 3.57 Å². The van der Waals surface area contributed by atoms with Crippen LogP contribution in [0.25, 0.3) is 0 Å². The van der Waals surface area contributed by atoms with Crippen molar-refractivity contribution >= 4 is 28.4 Å². The van der Waals surface area contributed by atoms with Crippen molar-refractivity contribution in [1.82, 2.24) is 0 Å². The van der Waals surface area contributed by atoms with E-state index in [-0.39, 0.29) is 5.78 Å². The highest BCUT2D eigenvalue weighted by Gasteiger charge is 2.11. The lowest BCUT2D eigenvalue weighted by molar-refractivity contribution is 0.101. The van der Waals surface area contributed by atoms with Crippen molar-refractivity contribution in [3.05, 3.63) is 27.3 Å². The number of carbonyl (C=O) groups excluding carboxylic acids is 1. The van der Waals surface area contributed by atoms with Gasteiger partial charge in [0.25, 0.3) is 0 Å². The maximum absolute atomic E-state index is 11.3. The molecule has 0 radical (unpaired) electrons. The van der Waals surface area contributed by atoms with Crippen LogP contribution < -0.4 is 4.74 Å². The Morgan fingerprint density at radius 1 is 1.54 bits per heavy atom. The van der Waals surface area contributed by atoms with E-state index >= 15 is 0 Å². The maximum atomic E-state index is 11.3. The van der Waals surface area contributed by atoms with Crippen LogP contribution in [-0.2, 0) is 0 Å². The van der Waals surface area contributed by atoms with E-state index in [2.05, 4.69) is 22.6 Å². The van der Waals surface area contributed by atoms with Crippen LogP contribution >= 0.6 is 22.6 Å².